The molecule has 0 radical (unpaired) electrons. The number of hydrogen-bond donors (Lipinski definition) is 1. The predicted octanol–water partition coefficient (Wildman–Crippen LogP) is 4.80. The number of alkyl halides is 2. The van der Waals surface area contributed by atoms with Crippen LogP contribution in [-0.4, -0.2) is 75.8 Å². The Labute approximate surface area is 237 Å². The molecule has 0 bridgehead atoms. The number of anilines is 2. The number of fused-ring (bicyclic) bond motifs is 1. The van der Waals surface area contributed by atoms with Gasteiger partial charge in [-0.05, 0) is 37.5 Å². The highest BCUT2D eigenvalue weighted by molar-refractivity contribution is 5.84. The molecule has 2 aromatic heterocycles. The van der Waals surface area contributed by atoms with Crippen LogP contribution in [0, 0.1) is 0 Å². The lowest BCUT2D eigenvalue weighted by Crippen LogP contribution is -2.46. The third-order valence-corrected chi connectivity index (χ3v) is 7.77. The molecule has 0 spiro atoms. The minimum atomic E-state index is -2.81. The summed E-state index contributed by atoms with van der Waals surface area (Å²) >= 11 is 0. The zero-order chi connectivity index (χ0) is 28.3. The van der Waals surface area contributed by atoms with Crippen molar-refractivity contribution >= 4 is 28.7 Å². The molecule has 41 heavy (non-hydrogen) atoms. The maximum Gasteiger partial charge on any atom is 0.296 e. The van der Waals surface area contributed by atoms with Crippen LogP contribution in [-0.2, 0) is 9.53 Å². The molecule has 11 heteroatoms. The number of ether oxygens (including phenoxy) is 1. The summed E-state index contributed by atoms with van der Waals surface area (Å²) in [5.41, 5.74) is 2.20. The van der Waals surface area contributed by atoms with Crippen molar-refractivity contribution in [2.24, 2.45) is 0 Å². The molecule has 2 fully saturated rings. The van der Waals surface area contributed by atoms with Crippen LogP contribution in [0.1, 0.15) is 43.5 Å². The number of carbonyl (C=O) groups excluding carboxylic acids is 1. The van der Waals surface area contributed by atoms with Crippen molar-refractivity contribution in [1.82, 2.24) is 24.4 Å². The fraction of sp³-hybridized carbons (Fsp3) is 0.400. The van der Waals surface area contributed by atoms with E-state index in [9.17, 15) is 13.6 Å². The topological polar surface area (TPSA) is 88.4 Å². The number of piperidine rings is 1. The smallest absolute Gasteiger partial charge is 0.296 e. The Balaban J connectivity index is 1.31. The Morgan fingerprint density at radius 2 is 1.71 bits per heavy atom. The maximum atomic E-state index is 14.2. The highest BCUT2D eigenvalue weighted by Gasteiger charge is 2.29. The maximum absolute atomic E-state index is 14.2. The number of carbonyl (C=O) groups is 1. The second-order valence-corrected chi connectivity index (χ2v) is 10.5. The lowest BCUT2D eigenvalue weighted by atomic mass is 9.90. The second-order valence-electron chi connectivity index (χ2n) is 10.5. The normalized spacial score (nSPS) is 18.6. The van der Waals surface area contributed by atoms with E-state index >= 15 is 0 Å². The van der Waals surface area contributed by atoms with Crippen LogP contribution in [0.4, 0.5) is 20.5 Å². The van der Waals surface area contributed by atoms with E-state index in [0.717, 1.165) is 12.8 Å². The first-order chi connectivity index (χ1) is 20.0. The highest BCUT2D eigenvalue weighted by atomic mass is 19.3. The minimum Gasteiger partial charge on any atom is -0.378 e. The summed E-state index contributed by atoms with van der Waals surface area (Å²) in [7, 11) is 0. The Bertz CT molecular complexity index is 1510. The first-order valence-electron chi connectivity index (χ1n) is 14.1. The van der Waals surface area contributed by atoms with Gasteiger partial charge in [0.15, 0.2) is 5.82 Å². The van der Waals surface area contributed by atoms with Gasteiger partial charge in [0.05, 0.1) is 24.2 Å². The number of hydrogen-bond acceptors (Lipinski definition) is 7. The lowest BCUT2D eigenvalue weighted by Gasteiger charge is -2.35. The predicted molar refractivity (Wildman–Crippen MR) is 153 cm³/mol. The van der Waals surface area contributed by atoms with Gasteiger partial charge in [-0.25, -0.2) is 13.8 Å². The van der Waals surface area contributed by atoms with Crippen LogP contribution in [0.5, 0.6) is 0 Å². The molecule has 214 valence electrons. The summed E-state index contributed by atoms with van der Waals surface area (Å²) in [4.78, 5) is 31.0. The van der Waals surface area contributed by atoms with Crippen molar-refractivity contribution in [2.45, 2.75) is 38.2 Å². The number of morpholine rings is 1. The first kappa shape index (κ1) is 27.1. The van der Waals surface area contributed by atoms with Crippen LogP contribution >= 0.6 is 0 Å². The number of nitrogens with one attached hydrogen (secondary N) is 1. The van der Waals surface area contributed by atoms with E-state index in [1.807, 2.05) is 28.0 Å². The molecule has 1 N–H and O–H groups in total. The van der Waals surface area contributed by atoms with E-state index < -0.39 is 18.3 Å². The monoisotopic (exact) mass is 561 g/mol. The molecule has 2 saturated heterocycles. The van der Waals surface area contributed by atoms with Gasteiger partial charge in [-0.2, -0.15) is 9.97 Å². The van der Waals surface area contributed by atoms with Crippen LogP contribution < -0.4 is 10.2 Å². The number of amides is 1. The van der Waals surface area contributed by atoms with Crippen molar-refractivity contribution in [3.05, 3.63) is 72.1 Å². The van der Waals surface area contributed by atoms with Crippen molar-refractivity contribution in [2.75, 3.05) is 49.6 Å². The standard InChI is InChI=1S/C30H33F2N7O2/c1-20(29(40)38-13-7-10-22(19-38)21-8-3-2-4-9-21)33-30-35-25(37-14-16-41-17-15-37)18-26(36-30)39-24-12-6-5-11-23(24)34-28(39)27(31)32/h2-6,8-9,11-12,18,20,22,27H,7,10,13-17,19H2,1H3,(H,33,35,36)/t20-,22?/m0/s1. The molecule has 0 saturated carbocycles. The Kier molecular flexibility index (Phi) is 7.78. The SMILES string of the molecule is C[C@H](Nc1nc(N2CCOCC2)cc(-n2c(C(F)F)nc3ccccc32)n1)C(=O)N1CCCC(c2ccccc2)C1. The summed E-state index contributed by atoms with van der Waals surface area (Å²) in [5.74, 6) is 0.868. The van der Waals surface area contributed by atoms with Gasteiger partial charge in [0.2, 0.25) is 11.9 Å². The molecule has 1 unspecified atom stereocenters. The molecular weight excluding hydrogens is 528 g/mol. The number of rotatable bonds is 7. The van der Waals surface area contributed by atoms with Crippen molar-refractivity contribution < 1.29 is 18.3 Å². The van der Waals surface area contributed by atoms with Gasteiger partial charge in [-0.3, -0.25) is 9.36 Å². The van der Waals surface area contributed by atoms with Crippen LogP contribution in [0.2, 0.25) is 0 Å². The van der Waals surface area contributed by atoms with Crippen molar-refractivity contribution in [3.63, 3.8) is 0 Å². The number of imidazole rings is 1. The van der Waals surface area contributed by atoms with Gasteiger partial charge in [-0.15, -0.1) is 0 Å². The average Bonchev–Trinajstić information content (AvgIpc) is 3.42. The van der Waals surface area contributed by atoms with E-state index in [-0.39, 0.29) is 23.6 Å². The quantitative estimate of drug-likeness (QED) is 0.347. The zero-order valence-electron chi connectivity index (χ0n) is 22.9. The molecule has 2 aliphatic heterocycles. The number of nitrogens with zero attached hydrogens (tertiary/aromatic N) is 6. The summed E-state index contributed by atoms with van der Waals surface area (Å²) < 4.78 is 35.2. The van der Waals surface area contributed by atoms with E-state index in [2.05, 4.69) is 27.4 Å². The van der Waals surface area contributed by atoms with Gasteiger partial charge in [0.25, 0.3) is 6.43 Å². The largest absolute Gasteiger partial charge is 0.378 e. The number of para-hydroxylation sites is 2. The third kappa shape index (κ3) is 5.72. The van der Waals surface area contributed by atoms with E-state index in [1.165, 1.54) is 10.1 Å². The fourth-order valence-electron chi connectivity index (χ4n) is 5.69. The number of likely N-dealkylation sites (tertiary alicyclic amines) is 1. The molecule has 1 amide bonds. The van der Waals surface area contributed by atoms with Gasteiger partial charge in [0.1, 0.15) is 17.7 Å². The van der Waals surface area contributed by atoms with E-state index in [4.69, 9.17) is 9.72 Å². The number of halogens is 2. The molecule has 2 atom stereocenters. The lowest BCUT2D eigenvalue weighted by molar-refractivity contribution is -0.132. The molecule has 2 aromatic carbocycles. The summed E-state index contributed by atoms with van der Waals surface area (Å²) in [6, 6.07) is 18.3. The van der Waals surface area contributed by atoms with Crippen LogP contribution in [0.15, 0.2) is 60.7 Å². The van der Waals surface area contributed by atoms with Crippen LogP contribution in [0.3, 0.4) is 0 Å². The van der Waals surface area contributed by atoms with E-state index in [0.29, 0.717) is 56.2 Å². The Morgan fingerprint density at radius 3 is 2.49 bits per heavy atom. The number of benzene rings is 2. The second kappa shape index (κ2) is 11.8. The molecule has 4 heterocycles. The zero-order valence-corrected chi connectivity index (χ0v) is 22.9. The third-order valence-electron chi connectivity index (χ3n) is 7.77. The molecule has 9 nitrogen and oxygen atoms in total. The first-order valence-corrected chi connectivity index (χ1v) is 14.1. The van der Waals surface area contributed by atoms with Gasteiger partial charge in [0, 0.05) is 38.2 Å². The fourth-order valence-corrected chi connectivity index (χ4v) is 5.69. The molecule has 6 rings (SSSR count). The van der Waals surface area contributed by atoms with Gasteiger partial charge < -0.3 is 19.9 Å². The Morgan fingerprint density at radius 1 is 0.976 bits per heavy atom. The van der Waals surface area contributed by atoms with Gasteiger partial charge in [-0.1, -0.05) is 42.5 Å². The number of aromatic nitrogens is 4. The summed E-state index contributed by atoms with van der Waals surface area (Å²) in [5, 5.41) is 3.18. The van der Waals surface area contributed by atoms with Crippen LogP contribution in [0.25, 0.3) is 16.9 Å². The minimum absolute atomic E-state index is 0.0473. The summed E-state index contributed by atoms with van der Waals surface area (Å²) in [6.45, 7) is 5.39. The molecular formula is C30H33F2N7O2. The molecule has 4 aromatic rings. The van der Waals surface area contributed by atoms with E-state index in [1.54, 1.807) is 37.3 Å². The average molecular weight is 562 g/mol. The highest BCUT2D eigenvalue weighted by Crippen LogP contribution is 2.30. The molecule has 0 aliphatic carbocycles. The Hall–Kier alpha value is -4.12. The van der Waals surface area contributed by atoms with Crippen molar-refractivity contribution in [3.8, 4) is 5.82 Å². The molecule has 2 aliphatic rings. The summed E-state index contributed by atoms with van der Waals surface area (Å²) in [6.07, 6.45) is -0.845. The van der Waals surface area contributed by atoms with Gasteiger partial charge >= 0.3 is 0 Å². The van der Waals surface area contributed by atoms with Crippen molar-refractivity contribution in [1.29, 1.82) is 0 Å².